The van der Waals surface area contributed by atoms with Gasteiger partial charge in [-0.1, -0.05) is 30.0 Å². The van der Waals surface area contributed by atoms with Crippen LogP contribution >= 0.6 is 11.8 Å². The van der Waals surface area contributed by atoms with E-state index in [-0.39, 0.29) is 26.8 Å². The average molecular weight is 401 g/mol. The van der Waals surface area contributed by atoms with Crippen molar-refractivity contribution >= 4 is 34.5 Å². The largest absolute Gasteiger partial charge is 0.506 e. The highest BCUT2D eigenvalue weighted by Crippen LogP contribution is 2.41. The molecule has 0 amide bonds. The topological polar surface area (TPSA) is 88.4 Å². The van der Waals surface area contributed by atoms with Crippen LogP contribution in [0.2, 0.25) is 0 Å². The monoisotopic (exact) mass is 401 g/mol. The molecule has 1 aliphatic rings. The minimum absolute atomic E-state index is 0.113. The van der Waals surface area contributed by atoms with E-state index < -0.39 is 17.5 Å². The van der Waals surface area contributed by atoms with Gasteiger partial charge < -0.3 is 19.7 Å². The van der Waals surface area contributed by atoms with Crippen LogP contribution in [-0.4, -0.2) is 35.4 Å². The first kappa shape index (κ1) is 19.5. The molecule has 3 rings (SSSR count). The number of phenols is 1. The van der Waals surface area contributed by atoms with Gasteiger partial charge in [-0.15, -0.1) is 0 Å². The van der Waals surface area contributed by atoms with Crippen LogP contribution in [0, 0.1) is 5.82 Å². The molecule has 144 valence electrons. The number of carbonyl (C=O) groups is 1. The fourth-order valence-corrected chi connectivity index (χ4v) is 3.50. The number of hydrogen-bond donors (Lipinski definition) is 2. The second kappa shape index (κ2) is 8.18. The first-order valence-electron chi connectivity index (χ1n) is 8.06. The zero-order valence-corrected chi connectivity index (χ0v) is 15.8. The SMILES string of the molecule is COC(=O)C1=C(O)/C(=C\c2cccc(F)c2O)SC1=Nc1cccc(OC)c1. The number of rotatable bonds is 4. The predicted molar refractivity (Wildman–Crippen MR) is 105 cm³/mol. The summed E-state index contributed by atoms with van der Waals surface area (Å²) in [5.41, 5.74) is 0.546. The van der Waals surface area contributed by atoms with Gasteiger partial charge in [0.1, 0.15) is 22.1 Å². The molecule has 2 N–H and O–H groups in total. The highest BCUT2D eigenvalue weighted by atomic mass is 32.2. The molecule has 1 heterocycles. The molecular weight excluding hydrogens is 385 g/mol. The van der Waals surface area contributed by atoms with E-state index in [1.165, 1.54) is 32.4 Å². The minimum Gasteiger partial charge on any atom is -0.506 e. The Morgan fingerprint density at radius 3 is 2.64 bits per heavy atom. The lowest BCUT2D eigenvalue weighted by Gasteiger charge is -2.03. The van der Waals surface area contributed by atoms with Crippen LogP contribution in [0.1, 0.15) is 5.56 Å². The number of nitrogens with zero attached hydrogens (tertiary/aromatic N) is 1. The maximum atomic E-state index is 13.6. The first-order chi connectivity index (χ1) is 13.4. The number of aliphatic hydroxyl groups is 1. The number of halogens is 1. The number of esters is 1. The van der Waals surface area contributed by atoms with E-state index in [0.29, 0.717) is 11.4 Å². The Hall–Kier alpha value is -3.26. The number of hydrogen-bond acceptors (Lipinski definition) is 7. The van der Waals surface area contributed by atoms with Gasteiger partial charge in [0, 0.05) is 11.6 Å². The molecule has 0 saturated heterocycles. The summed E-state index contributed by atoms with van der Waals surface area (Å²) in [5.74, 6) is -1.89. The van der Waals surface area contributed by atoms with Crippen LogP contribution in [-0.2, 0) is 9.53 Å². The number of carbonyl (C=O) groups excluding carboxylic acids is 1. The van der Waals surface area contributed by atoms with E-state index in [0.717, 1.165) is 17.8 Å². The van der Waals surface area contributed by atoms with Gasteiger partial charge in [0.2, 0.25) is 0 Å². The van der Waals surface area contributed by atoms with E-state index in [9.17, 15) is 19.4 Å². The van der Waals surface area contributed by atoms with Crippen molar-refractivity contribution in [2.45, 2.75) is 0 Å². The predicted octanol–water partition coefficient (Wildman–Crippen LogP) is 4.34. The van der Waals surface area contributed by atoms with Crippen molar-refractivity contribution in [1.82, 2.24) is 0 Å². The third-order valence-electron chi connectivity index (χ3n) is 3.87. The maximum absolute atomic E-state index is 13.6. The van der Waals surface area contributed by atoms with Gasteiger partial charge in [-0.05, 0) is 24.3 Å². The number of phenolic OH excluding ortho intramolecular Hbond substituents is 1. The molecule has 0 bridgehead atoms. The summed E-state index contributed by atoms with van der Waals surface area (Å²) < 4.78 is 23.5. The molecule has 0 aliphatic carbocycles. The van der Waals surface area contributed by atoms with Crippen molar-refractivity contribution in [3.63, 3.8) is 0 Å². The molecule has 0 unspecified atom stereocenters. The summed E-state index contributed by atoms with van der Waals surface area (Å²) in [6.45, 7) is 0. The highest BCUT2D eigenvalue weighted by Gasteiger charge is 2.33. The summed E-state index contributed by atoms with van der Waals surface area (Å²) in [4.78, 5) is 16.8. The third-order valence-corrected chi connectivity index (χ3v) is 4.89. The summed E-state index contributed by atoms with van der Waals surface area (Å²) >= 11 is 1.00. The Morgan fingerprint density at radius 1 is 1.18 bits per heavy atom. The molecule has 28 heavy (non-hydrogen) atoms. The maximum Gasteiger partial charge on any atom is 0.344 e. The average Bonchev–Trinajstić information content (AvgIpc) is 3.00. The molecule has 2 aromatic rings. The molecular formula is C20H16FNO5S. The Balaban J connectivity index is 2.07. The fourth-order valence-electron chi connectivity index (χ4n) is 2.48. The number of aliphatic imine (C=N–C) groups is 1. The van der Waals surface area contributed by atoms with Crippen LogP contribution in [0.25, 0.3) is 6.08 Å². The lowest BCUT2D eigenvalue weighted by molar-refractivity contribution is -0.135. The quantitative estimate of drug-likeness (QED) is 0.741. The smallest absolute Gasteiger partial charge is 0.344 e. The van der Waals surface area contributed by atoms with Crippen LogP contribution < -0.4 is 4.74 Å². The van der Waals surface area contributed by atoms with Crippen molar-refractivity contribution in [3.05, 3.63) is 70.1 Å². The van der Waals surface area contributed by atoms with E-state index in [2.05, 4.69) is 4.99 Å². The number of ether oxygens (including phenoxy) is 2. The van der Waals surface area contributed by atoms with E-state index in [1.807, 2.05) is 0 Å². The fraction of sp³-hybridized carbons (Fsp3) is 0.100. The normalized spacial score (nSPS) is 16.7. The standard InChI is InChI=1S/C20H16FNO5S/c1-26-13-7-4-6-12(10-13)22-19-16(20(25)27-2)18(24)15(28-19)9-11-5-3-8-14(21)17(11)23/h3-10,23-24H,1-2H3/b15-9+,22-19?. The number of aliphatic hydroxyl groups excluding tert-OH is 1. The Labute approximate surface area is 164 Å². The molecule has 0 spiro atoms. The molecule has 0 aromatic heterocycles. The van der Waals surface area contributed by atoms with Gasteiger partial charge in [0.05, 0.1) is 24.8 Å². The number of para-hydroxylation sites is 1. The van der Waals surface area contributed by atoms with Gasteiger partial charge in [-0.3, -0.25) is 0 Å². The van der Waals surface area contributed by atoms with Gasteiger partial charge in [0.15, 0.2) is 11.6 Å². The van der Waals surface area contributed by atoms with Gasteiger partial charge >= 0.3 is 5.97 Å². The second-order valence-electron chi connectivity index (χ2n) is 5.62. The number of methoxy groups -OCH3 is 2. The van der Waals surface area contributed by atoms with Crippen molar-refractivity contribution in [2.24, 2.45) is 4.99 Å². The van der Waals surface area contributed by atoms with Crippen LogP contribution in [0.5, 0.6) is 11.5 Å². The summed E-state index contributed by atoms with van der Waals surface area (Å²) in [5, 5.41) is 20.6. The second-order valence-corrected chi connectivity index (χ2v) is 6.65. The van der Waals surface area contributed by atoms with Crippen LogP contribution in [0.15, 0.2) is 63.7 Å². The van der Waals surface area contributed by atoms with Crippen molar-refractivity contribution in [3.8, 4) is 11.5 Å². The molecule has 0 saturated carbocycles. The Kier molecular flexibility index (Phi) is 5.70. The molecule has 1 aliphatic heterocycles. The van der Waals surface area contributed by atoms with E-state index in [1.54, 1.807) is 24.3 Å². The number of thioether (sulfide) groups is 1. The molecule has 6 nitrogen and oxygen atoms in total. The summed E-state index contributed by atoms with van der Waals surface area (Å²) in [6, 6.07) is 10.9. The zero-order valence-electron chi connectivity index (χ0n) is 15.0. The van der Waals surface area contributed by atoms with Gasteiger partial charge in [0.25, 0.3) is 0 Å². The van der Waals surface area contributed by atoms with Crippen molar-refractivity contribution in [2.75, 3.05) is 14.2 Å². The van der Waals surface area contributed by atoms with E-state index in [4.69, 9.17) is 9.47 Å². The van der Waals surface area contributed by atoms with Gasteiger partial charge in [-0.2, -0.15) is 0 Å². The van der Waals surface area contributed by atoms with Crippen LogP contribution in [0.4, 0.5) is 10.1 Å². The van der Waals surface area contributed by atoms with Gasteiger partial charge in [-0.25, -0.2) is 14.2 Å². The summed E-state index contributed by atoms with van der Waals surface area (Å²) in [7, 11) is 2.71. The molecule has 0 atom stereocenters. The Bertz CT molecular complexity index is 1030. The van der Waals surface area contributed by atoms with Crippen LogP contribution in [0.3, 0.4) is 0 Å². The van der Waals surface area contributed by atoms with Crippen molar-refractivity contribution in [1.29, 1.82) is 0 Å². The first-order valence-corrected chi connectivity index (χ1v) is 8.88. The molecule has 8 heteroatoms. The highest BCUT2D eigenvalue weighted by molar-refractivity contribution is 8.18. The number of aromatic hydroxyl groups is 1. The minimum atomic E-state index is -0.792. The molecule has 0 radical (unpaired) electrons. The lowest BCUT2D eigenvalue weighted by Crippen LogP contribution is -2.10. The van der Waals surface area contributed by atoms with Crippen molar-refractivity contribution < 1.29 is 28.9 Å². The molecule has 2 aromatic carbocycles. The third kappa shape index (κ3) is 3.86. The summed E-state index contributed by atoms with van der Waals surface area (Å²) in [6.07, 6.45) is 1.37. The van der Waals surface area contributed by atoms with E-state index >= 15 is 0 Å². The lowest BCUT2D eigenvalue weighted by atomic mass is 10.1. The number of benzene rings is 2. The molecule has 0 fully saturated rings. The zero-order chi connectivity index (χ0) is 20.3. The Morgan fingerprint density at radius 2 is 1.93 bits per heavy atom.